The molecule has 6 aromatic rings. The maximum absolute atomic E-state index is 14.2. The van der Waals surface area contributed by atoms with Crippen LogP contribution in [0.2, 0.25) is 0 Å². The maximum Gasteiger partial charge on any atom is 0.508 e. The summed E-state index contributed by atoms with van der Waals surface area (Å²) in [7, 11) is -10.1. The molecular formula is C87H135N19O17P2. The van der Waals surface area contributed by atoms with Gasteiger partial charge >= 0.3 is 21.8 Å². The van der Waals surface area contributed by atoms with Crippen LogP contribution in [-0.2, 0) is 55.6 Å². The summed E-state index contributed by atoms with van der Waals surface area (Å²) in [6.07, 6.45) is 32.9. The standard InChI is InChI=1S/C69H103N15O17P2.2C9H16N2/c1-40(2)16-15-17-41(3)47-20-21-48-46-19-18-42-28-43(22-24-68(42,4)49(46)23-25-69(47,48)5)98-67(87)93-27-14-12-10-8-6-7-9-11-13-26-92-57-52(99-66(56(57)86)84-39-81-55-60(72)75-36-78-63(55)84)33-95-103(90,91)101-51-30-45(97-65(51)83-38-80-54-59(71)74-35-77-62(54)83)32-94-102(88,89)100-50-29-44(31-85)96-64(50)82-37-79-53-58(70)73-34-76-61(53)82;2*1-2-5-9-10-6-4-8-11(9)7-3-1/h18,34-41,43-52,56-57,64-66,85-86H,6-17,19-33H2,1-5H3,(H,88,89)(H,90,91)(H2,70,73,76)(H2,71,74,77)(H2,72,75,78);2*1-8H2/t41-,43?,44+,45+,46?,47?,48?,49?,50?,51?,52-,56-,57-,64-,65-,66-,68+,69-;;/m1../s1. The number of aliphatic imine (C=N–C) groups is 2. The Labute approximate surface area is 732 Å². The molecule has 7 aliphatic heterocycles. The Balaban J connectivity index is 0.000000472. The van der Waals surface area contributed by atoms with Crippen molar-refractivity contribution in [3.8, 4) is 0 Å². The maximum atomic E-state index is 14.2. The largest absolute Gasteiger partial charge is 0.508 e. The van der Waals surface area contributed by atoms with Crippen molar-refractivity contribution in [2.45, 2.75) is 308 Å². The molecule has 125 heavy (non-hydrogen) atoms. The number of phosphoric ester groups is 2. The van der Waals surface area contributed by atoms with Crippen molar-refractivity contribution >= 4 is 84.4 Å². The number of ether oxygens (including phenoxy) is 6. The number of carbonyl (C=O) groups excluding carboxylic acids is 1. The van der Waals surface area contributed by atoms with Crippen LogP contribution in [0.1, 0.15) is 259 Å². The minimum absolute atomic E-state index is 0.0252. The molecule has 0 aromatic carbocycles. The van der Waals surface area contributed by atoms with Gasteiger partial charge in [0, 0.05) is 78.0 Å². The monoisotopic (exact) mass is 1780 g/mol. The van der Waals surface area contributed by atoms with Gasteiger partial charge in [-0.05, 0) is 143 Å². The lowest BCUT2D eigenvalue weighted by Gasteiger charge is -2.58. The molecule has 0 radical (unpaired) electrons. The van der Waals surface area contributed by atoms with Crippen molar-refractivity contribution in [2.75, 3.05) is 89.5 Å². The first-order valence-electron chi connectivity index (χ1n) is 46.5. The van der Waals surface area contributed by atoms with E-state index in [4.69, 9.17) is 63.7 Å². The van der Waals surface area contributed by atoms with E-state index in [0.29, 0.717) is 18.4 Å². The fraction of sp³-hybridized carbons (Fsp3) is 0.770. The molecule has 6 aromatic heterocycles. The van der Waals surface area contributed by atoms with E-state index in [1.807, 2.05) is 0 Å². The normalized spacial score (nSPS) is 31.0. The number of rotatable bonds is 33. The number of carbonyl (C=O) groups is 1. The van der Waals surface area contributed by atoms with E-state index in [1.54, 1.807) is 0 Å². The predicted octanol–water partition coefficient (Wildman–Crippen LogP) is 13.9. The van der Waals surface area contributed by atoms with E-state index in [0.717, 1.165) is 119 Å². The van der Waals surface area contributed by atoms with Gasteiger partial charge in [0.15, 0.2) is 53.1 Å². The Bertz CT molecular complexity index is 4710. The number of nitrogens with two attached hydrogens (primary N) is 3. The zero-order valence-corrected chi connectivity index (χ0v) is 75.4. The van der Waals surface area contributed by atoms with Crippen molar-refractivity contribution in [3.05, 3.63) is 49.6 Å². The van der Waals surface area contributed by atoms with E-state index < -0.39 is 103 Å². The van der Waals surface area contributed by atoms with Crippen LogP contribution in [0.3, 0.4) is 0 Å². The van der Waals surface area contributed by atoms with Crippen molar-refractivity contribution in [3.63, 3.8) is 0 Å². The Morgan fingerprint density at radius 3 is 1.68 bits per heavy atom. The molecule has 4 aliphatic carbocycles. The summed E-state index contributed by atoms with van der Waals surface area (Å²) in [5.74, 6) is 7.76. The number of phosphoric acid groups is 2. The quantitative estimate of drug-likeness (QED) is 0.00870. The fourth-order valence-electron chi connectivity index (χ4n) is 22.2. The molecule has 20 atom stereocenters. The summed E-state index contributed by atoms with van der Waals surface area (Å²) in [4.78, 5) is 87.5. The lowest BCUT2D eigenvalue weighted by molar-refractivity contribution is -0.0693. The number of amidine groups is 2. The topological polar surface area (TPSA) is 464 Å². The van der Waals surface area contributed by atoms with E-state index >= 15 is 0 Å². The summed E-state index contributed by atoms with van der Waals surface area (Å²) >= 11 is 0. The van der Waals surface area contributed by atoms with Gasteiger partial charge in [-0.15, -0.1) is 0 Å². The number of hydrogen-bond acceptors (Lipinski definition) is 31. The summed E-state index contributed by atoms with van der Waals surface area (Å²) < 4.78 is 91.6. The van der Waals surface area contributed by atoms with Gasteiger partial charge in [0.05, 0.1) is 69.3 Å². The molecule has 0 amide bonds. The summed E-state index contributed by atoms with van der Waals surface area (Å²) in [6.45, 7) is 18.5. The highest BCUT2D eigenvalue weighted by molar-refractivity contribution is 7.47. The summed E-state index contributed by atoms with van der Waals surface area (Å²) in [5.41, 5.74) is 21.8. The first-order valence-corrected chi connectivity index (χ1v) is 49.5. The minimum Gasteiger partial charge on any atom is -0.434 e. The lowest BCUT2D eigenvalue weighted by Crippen LogP contribution is -2.51. The predicted molar refractivity (Wildman–Crippen MR) is 469 cm³/mol. The molecule has 9 unspecified atom stereocenters. The molecular weight excluding hydrogens is 1650 g/mol. The van der Waals surface area contributed by atoms with E-state index in [2.05, 4.69) is 105 Å². The molecule has 38 heteroatoms. The summed E-state index contributed by atoms with van der Waals surface area (Å²) in [6, 6.07) is 0. The zero-order valence-electron chi connectivity index (χ0n) is 73.6. The molecule has 13 heterocycles. The number of imidazole rings is 3. The van der Waals surface area contributed by atoms with Crippen molar-refractivity contribution < 1.29 is 80.4 Å². The second-order valence-corrected chi connectivity index (χ2v) is 40.2. The number of anilines is 3. The van der Waals surface area contributed by atoms with Gasteiger partial charge in [0.2, 0.25) is 0 Å². The first kappa shape index (κ1) is 92.7. The number of unbranched alkanes of at least 4 members (excludes halogenated alkanes) is 8. The van der Waals surface area contributed by atoms with E-state index in [1.165, 1.54) is 211 Å². The number of nitrogens with zero attached hydrogens (tertiary/aromatic N) is 16. The highest BCUT2D eigenvalue weighted by atomic mass is 31.2. The van der Waals surface area contributed by atoms with Gasteiger partial charge in [-0.25, -0.2) is 58.8 Å². The third-order valence-corrected chi connectivity index (χ3v) is 30.7. The van der Waals surface area contributed by atoms with Crippen molar-refractivity contribution in [1.82, 2.24) is 68.4 Å². The molecule has 10 N–H and O–H groups in total. The number of hydrogen-bond donors (Lipinski definition) is 7. The second-order valence-electron chi connectivity index (χ2n) is 37.4. The summed E-state index contributed by atoms with van der Waals surface area (Å²) in [5, 5.41) is 21.9. The van der Waals surface area contributed by atoms with Gasteiger partial charge in [-0.1, -0.05) is 123 Å². The molecule has 36 nitrogen and oxygen atoms in total. The van der Waals surface area contributed by atoms with Crippen LogP contribution in [0.4, 0.5) is 22.2 Å². The molecule has 690 valence electrons. The number of nitrogen functional groups attached to an aromatic ring is 3. The molecule has 0 spiro atoms. The van der Waals surface area contributed by atoms with E-state index in [9.17, 15) is 33.9 Å². The molecule has 8 fully saturated rings. The Morgan fingerprint density at radius 2 is 1.11 bits per heavy atom. The Kier molecular flexibility index (Phi) is 31.3. The second kappa shape index (κ2) is 42.3. The van der Waals surface area contributed by atoms with Crippen LogP contribution in [0.25, 0.3) is 33.5 Å². The third kappa shape index (κ3) is 22.2. The van der Waals surface area contributed by atoms with Crippen LogP contribution in [-0.4, -0.2) is 227 Å². The molecule has 3 saturated carbocycles. The molecule has 17 rings (SSSR count). The van der Waals surface area contributed by atoms with E-state index in [-0.39, 0.29) is 81.9 Å². The van der Waals surface area contributed by atoms with Gasteiger partial charge < -0.3 is 75.4 Å². The molecule has 0 bridgehead atoms. The average molecular weight is 1780 g/mol. The van der Waals surface area contributed by atoms with Gasteiger partial charge in [0.1, 0.15) is 72.2 Å². The molecule has 5 saturated heterocycles. The van der Waals surface area contributed by atoms with Gasteiger partial charge in [-0.3, -0.25) is 41.8 Å². The highest BCUT2D eigenvalue weighted by Crippen LogP contribution is 2.68. The van der Waals surface area contributed by atoms with Crippen LogP contribution in [0.5, 0.6) is 0 Å². The zero-order chi connectivity index (χ0) is 87.4. The van der Waals surface area contributed by atoms with Crippen molar-refractivity contribution in [1.29, 1.82) is 0 Å². The first-order chi connectivity index (χ1) is 60.4. The van der Waals surface area contributed by atoms with Gasteiger partial charge in [-0.2, -0.15) is 0 Å². The van der Waals surface area contributed by atoms with Gasteiger partial charge in [0.25, 0.3) is 0 Å². The third-order valence-electron chi connectivity index (χ3n) is 28.6. The minimum atomic E-state index is -5.12. The van der Waals surface area contributed by atoms with Crippen LogP contribution >= 0.6 is 15.6 Å². The number of fused-ring (bicyclic) bond motifs is 10. The number of aromatic nitrogens is 12. The lowest BCUT2D eigenvalue weighted by atomic mass is 9.47. The fourth-order valence-corrected chi connectivity index (χ4v) is 24.0. The number of allylic oxidation sites excluding steroid dienone is 1. The highest BCUT2D eigenvalue weighted by Gasteiger charge is 2.60. The van der Waals surface area contributed by atoms with Crippen LogP contribution in [0.15, 0.2) is 59.6 Å². The Morgan fingerprint density at radius 1 is 0.584 bits per heavy atom. The Hall–Kier alpha value is -7.02. The smallest absolute Gasteiger partial charge is 0.434 e. The molecule has 11 aliphatic rings. The number of aliphatic hydroxyl groups is 2. The average Bonchev–Trinajstić information content (AvgIpc) is 1.60. The van der Waals surface area contributed by atoms with Crippen molar-refractivity contribution in [2.24, 2.45) is 56.3 Å². The SMILES string of the molecule is C1CCC2=NCCCN2CC1.C1CCC2=NCCCN2CC1.CC(C)CCC[C@@H](C)C1CCC2C3CC=C4CC(OC(=O)OCCCCCCCCCCCO[C@H]5[C@@H](O)[C@H](n6cnc7c(N)ncnc76)O[C@@H]5COP(=O)(O)OC5C[C@@H](COP(=O)(O)OC6C[C@@H](CO)O[C@H]6n6cnc7c(N)ncnc76)O[C@H]5n5cnc6c(N)ncnc65)CC[C@]4(C)C3CC[C@@]21C. The number of aliphatic hydroxyl groups excluding tert-OH is 2. The van der Waals surface area contributed by atoms with Crippen LogP contribution < -0.4 is 17.2 Å². The van der Waals surface area contributed by atoms with Crippen LogP contribution in [0, 0.1) is 46.3 Å².